The molecule has 0 aromatic rings. The second-order valence-corrected chi connectivity index (χ2v) is 6.52. The molecule has 2 rings (SSSR count). The predicted molar refractivity (Wildman–Crippen MR) is 77.7 cm³/mol. The Morgan fingerprint density at radius 3 is 2.79 bits per heavy atom. The molecule has 2 aliphatic carbocycles. The van der Waals surface area contributed by atoms with Gasteiger partial charge in [-0.1, -0.05) is 25.2 Å². The molecule has 2 bridgehead atoms. The summed E-state index contributed by atoms with van der Waals surface area (Å²) in [6.45, 7) is 10.7. The van der Waals surface area contributed by atoms with Gasteiger partial charge in [-0.25, -0.2) is 0 Å². The molecule has 3 atom stereocenters. The molecule has 0 saturated heterocycles. The zero-order valence-electron chi connectivity index (χ0n) is 12.5. The highest BCUT2D eigenvalue weighted by molar-refractivity contribution is 5.66. The van der Waals surface area contributed by atoms with Crippen molar-refractivity contribution in [3.05, 3.63) is 23.8 Å². The van der Waals surface area contributed by atoms with Crippen LogP contribution in [-0.2, 0) is 9.53 Å². The third-order valence-corrected chi connectivity index (χ3v) is 5.22. The number of hydrogen-bond acceptors (Lipinski definition) is 2. The van der Waals surface area contributed by atoms with E-state index in [1.807, 2.05) is 6.92 Å². The van der Waals surface area contributed by atoms with Gasteiger partial charge in [-0.05, 0) is 61.9 Å². The lowest BCUT2D eigenvalue weighted by molar-refractivity contribution is -0.139. The van der Waals surface area contributed by atoms with E-state index in [0.29, 0.717) is 12.0 Å². The highest BCUT2D eigenvalue weighted by Crippen LogP contribution is 2.60. The molecular weight excluding hydrogens is 236 g/mol. The molecular formula is C17H26O2. The number of esters is 1. The van der Waals surface area contributed by atoms with Crippen LogP contribution in [0, 0.1) is 17.3 Å². The van der Waals surface area contributed by atoms with E-state index in [4.69, 9.17) is 4.74 Å². The van der Waals surface area contributed by atoms with E-state index in [-0.39, 0.29) is 5.97 Å². The Bertz CT molecular complexity index is 407. The van der Waals surface area contributed by atoms with Crippen LogP contribution in [0.15, 0.2) is 23.8 Å². The molecule has 2 heteroatoms. The summed E-state index contributed by atoms with van der Waals surface area (Å²) in [6, 6.07) is 0. The standard InChI is InChI=1S/C17H26O2/c1-12(11-19-14(3)18)6-5-9-17(4)13(2)15-7-8-16(17)10-15/h6,15-16H,2,5,7-11H2,1,3-4H3/b12-6-. The van der Waals surface area contributed by atoms with E-state index in [9.17, 15) is 4.79 Å². The van der Waals surface area contributed by atoms with Crippen molar-refractivity contribution in [3.63, 3.8) is 0 Å². The third-order valence-electron chi connectivity index (χ3n) is 5.22. The molecule has 3 unspecified atom stereocenters. The second-order valence-electron chi connectivity index (χ2n) is 6.52. The minimum atomic E-state index is -0.207. The van der Waals surface area contributed by atoms with Crippen LogP contribution in [0.4, 0.5) is 0 Å². The molecule has 2 aliphatic rings. The van der Waals surface area contributed by atoms with Crippen molar-refractivity contribution in [2.75, 3.05) is 6.61 Å². The van der Waals surface area contributed by atoms with Crippen molar-refractivity contribution in [2.45, 2.75) is 52.9 Å². The first-order chi connectivity index (χ1) is 8.93. The Morgan fingerprint density at radius 1 is 1.47 bits per heavy atom. The SMILES string of the molecule is C=C1C2CCC(C2)C1(C)CC/C=C(/C)COC(C)=O. The molecule has 0 N–H and O–H groups in total. The topological polar surface area (TPSA) is 26.3 Å². The molecule has 0 heterocycles. The zero-order chi connectivity index (χ0) is 14.0. The maximum absolute atomic E-state index is 10.8. The highest BCUT2D eigenvalue weighted by Gasteiger charge is 2.49. The second kappa shape index (κ2) is 5.52. The van der Waals surface area contributed by atoms with E-state index in [1.165, 1.54) is 38.2 Å². The Morgan fingerprint density at radius 2 is 2.21 bits per heavy atom. The lowest BCUT2D eigenvalue weighted by Gasteiger charge is -2.36. The van der Waals surface area contributed by atoms with E-state index in [1.54, 1.807) is 0 Å². The fourth-order valence-electron chi connectivity index (χ4n) is 3.86. The van der Waals surface area contributed by atoms with Crippen molar-refractivity contribution in [2.24, 2.45) is 17.3 Å². The zero-order valence-corrected chi connectivity index (χ0v) is 12.5. The quantitative estimate of drug-likeness (QED) is 0.546. The maximum Gasteiger partial charge on any atom is 0.302 e. The summed E-state index contributed by atoms with van der Waals surface area (Å²) in [6.07, 6.45) is 8.58. The van der Waals surface area contributed by atoms with Crippen LogP contribution in [0.1, 0.15) is 52.9 Å². The number of allylic oxidation sites excluding steroid dienone is 2. The van der Waals surface area contributed by atoms with Crippen LogP contribution in [0.25, 0.3) is 0 Å². The number of fused-ring (bicyclic) bond motifs is 2. The van der Waals surface area contributed by atoms with Gasteiger partial charge in [0.05, 0.1) is 0 Å². The molecule has 19 heavy (non-hydrogen) atoms. The van der Waals surface area contributed by atoms with Crippen molar-refractivity contribution in [1.82, 2.24) is 0 Å². The summed E-state index contributed by atoms with van der Waals surface area (Å²) < 4.78 is 5.00. The molecule has 0 amide bonds. The Labute approximate surface area is 116 Å². The largest absolute Gasteiger partial charge is 0.461 e. The third kappa shape index (κ3) is 2.93. The predicted octanol–water partition coefficient (Wildman–Crippen LogP) is 4.27. The first-order valence-electron chi connectivity index (χ1n) is 7.41. The minimum Gasteiger partial charge on any atom is -0.461 e. The van der Waals surface area contributed by atoms with Crippen LogP contribution in [0.5, 0.6) is 0 Å². The number of ether oxygens (including phenoxy) is 1. The minimum absolute atomic E-state index is 0.207. The lowest BCUT2D eigenvalue weighted by Crippen LogP contribution is -2.26. The van der Waals surface area contributed by atoms with Crippen molar-refractivity contribution >= 4 is 5.97 Å². The molecule has 0 aliphatic heterocycles. The summed E-state index contributed by atoms with van der Waals surface area (Å²) in [5, 5.41) is 0. The Hall–Kier alpha value is -1.05. The Balaban J connectivity index is 1.84. The van der Waals surface area contributed by atoms with E-state index >= 15 is 0 Å². The van der Waals surface area contributed by atoms with Gasteiger partial charge in [0.25, 0.3) is 0 Å². The van der Waals surface area contributed by atoms with Gasteiger partial charge in [-0.3, -0.25) is 4.79 Å². The van der Waals surface area contributed by atoms with E-state index in [2.05, 4.69) is 19.6 Å². The van der Waals surface area contributed by atoms with Gasteiger partial charge in [0.2, 0.25) is 0 Å². The average molecular weight is 262 g/mol. The lowest BCUT2D eigenvalue weighted by atomic mass is 9.69. The molecule has 0 aromatic carbocycles. The fourth-order valence-corrected chi connectivity index (χ4v) is 3.86. The first-order valence-corrected chi connectivity index (χ1v) is 7.41. The molecule has 0 aromatic heterocycles. The highest BCUT2D eigenvalue weighted by atomic mass is 16.5. The Kier molecular flexibility index (Phi) is 4.17. The number of carbonyl (C=O) groups is 1. The number of rotatable bonds is 5. The van der Waals surface area contributed by atoms with Gasteiger partial charge >= 0.3 is 5.97 Å². The molecule has 2 saturated carbocycles. The van der Waals surface area contributed by atoms with Crippen LogP contribution >= 0.6 is 0 Å². The van der Waals surface area contributed by atoms with Crippen molar-refractivity contribution in [3.8, 4) is 0 Å². The molecule has 0 spiro atoms. The van der Waals surface area contributed by atoms with E-state index in [0.717, 1.165) is 23.8 Å². The summed E-state index contributed by atoms with van der Waals surface area (Å²) in [7, 11) is 0. The van der Waals surface area contributed by atoms with Crippen LogP contribution in [0.3, 0.4) is 0 Å². The summed E-state index contributed by atoms with van der Waals surface area (Å²) in [5.41, 5.74) is 2.99. The summed E-state index contributed by atoms with van der Waals surface area (Å²) in [4.78, 5) is 10.8. The van der Waals surface area contributed by atoms with Gasteiger partial charge < -0.3 is 4.74 Å². The maximum atomic E-state index is 10.8. The number of hydrogen-bond donors (Lipinski definition) is 0. The van der Waals surface area contributed by atoms with Crippen LogP contribution < -0.4 is 0 Å². The van der Waals surface area contributed by atoms with Gasteiger partial charge in [0.1, 0.15) is 6.61 Å². The van der Waals surface area contributed by atoms with Gasteiger partial charge in [-0.2, -0.15) is 0 Å². The fraction of sp³-hybridized carbons (Fsp3) is 0.706. The molecule has 0 radical (unpaired) electrons. The van der Waals surface area contributed by atoms with Gasteiger partial charge in [0.15, 0.2) is 0 Å². The van der Waals surface area contributed by atoms with Gasteiger partial charge in [-0.15, -0.1) is 0 Å². The normalized spacial score (nSPS) is 33.8. The molecule has 2 nitrogen and oxygen atoms in total. The summed E-state index contributed by atoms with van der Waals surface area (Å²) in [5.74, 6) is 1.44. The average Bonchev–Trinajstić information content (AvgIpc) is 2.91. The van der Waals surface area contributed by atoms with Crippen LogP contribution in [0.2, 0.25) is 0 Å². The van der Waals surface area contributed by atoms with Crippen molar-refractivity contribution in [1.29, 1.82) is 0 Å². The smallest absolute Gasteiger partial charge is 0.302 e. The van der Waals surface area contributed by atoms with Crippen LogP contribution in [-0.4, -0.2) is 12.6 Å². The first kappa shape index (κ1) is 14.4. The number of carbonyl (C=O) groups excluding carboxylic acids is 1. The molecule has 106 valence electrons. The van der Waals surface area contributed by atoms with Crippen molar-refractivity contribution < 1.29 is 9.53 Å². The monoisotopic (exact) mass is 262 g/mol. The van der Waals surface area contributed by atoms with E-state index < -0.39 is 0 Å². The van der Waals surface area contributed by atoms with Gasteiger partial charge in [0, 0.05) is 6.92 Å². The molecule has 2 fully saturated rings. The summed E-state index contributed by atoms with van der Waals surface area (Å²) >= 11 is 0.